The summed E-state index contributed by atoms with van der Waals surface area (Å²) in [5.41, 5.74) is 1.28. The first kappa shape index (κ1) is 25.2. The van der Waals surface area contributed by atoms with Crippen LogP contribution >= 0.6 is 23.1 Å². The Morgan fingerprint density at radius 1 is 1.35 bits per heavy atom. The molecule has 1 saturated heterocycles. The lowest BCUT2D eigenvalue weighted by atomic mass is 10.0. The number of β-lactam (4-membered cyclic amide) rings is 1. The molecule has 13 nitrogen and oxygen atoms in total. The van der Waals surface area contributed by atoms with Gasteiger partial charge < -0.3 is 24.7 Å². The van der Waals surface area contributed by atoms with Crippen molar-refractivity contribution in [1.29, 1.82) is 0 Å². The number of aliphatic carboxylic acids is 1. The Labute approximate surface area is 201 Å². The van der Waals surface area contributed by atoms with Crippen LogP contribution in [0, 0.1) is 0 Å². The van der Waals surface area contributed by atoms with Crippen molar-refractivity contribution in [2.75, 3.05) is 12.4 Å². The van der Waals surface area contributed by atoms with Crippen LogP contribution in [0.5, 0.6) is 0 Å². The summed E-state index contributed by atoms with van der Waals surface area (Å²) in [6.45, 7) is 2.21. The first-order valence-electron chi connectivity index (χ1n) is 9.89. The molecule has 0 spiro atoms. The molecule has 1 aromatic rings. The third kappa shape index (κ3) is 5.72. The van der Waals surface area contributed by atoms with Crippen LogP contribution in [0.25, 0.3) is 0 Å². The lowest BCUT2D eigenvalue weighted by Gasteiger charge is -2.48. The number of carboxylic acids is 1. The Morgan fingerprint density at radius 3 is 2.76 bits per heavy atom. The van der Waals surface area contributed by atoms with Gasteiger partial charge in [0.1, 0.15) is 22.8 Å². The Hall–Kier alpha value is -3.46. The number of esters is 2. The van der Waals surface area contributed by atoms with Crippen LogP contribution in [-0.4, -0.2) is 80.5 Å². The van der Waals surface area contributed by atoms with Crippen LogP contribution in [0.15, 0.2) is 27.8 Å². The van der Waals surface area contributed by atoms with Gasteiger partial charge in [0, 0.05) is 24.5 Å². The van der Waals surface area contributed by atoms with Gasteiger partial charge in [-0.1, -0.05) is 12.1 Å². The molecule has 0 aromatic carbocycles. The maximum Gasteiger partial charge on any atom is 0.357 e. The molecule has 0 saturated carbocycles. The molecule has 3 atom stereocenters. The molecule has 2 aliphatic heterocycles. The predicted molar refractivity (Wildman–Crippen MR) is 117 cm³/mol. The summed E-state index contributed by atoms with van der Waals surface area (Å²) in [5.74, 6) is -3.66. The second kappa shape index (κ2) is 11.1. The largest absolute Gasteiger partial charge is 0.479 e. The lowest BCUT2D eigenvalue weighted by Crippen LogP contribution is -2.70. The summed E-state index contributed by atoms with van der Waals surface area (Å²) in [6.07, 6.45) is 0.488. The highest BCUT2D eigenvalue weighted by atomic mass is 32.2. The van der Waals surface area contributed by atoms with E-state index in [0.29, 0.717) is 5.75 Å². The summed E-state index contributed by atoms with van der Waals surface area (Å²) in [6, 6.07) is -0.979. The van der Waals surface area contributed by atoms with Crippen molar-refractivity contribution < 1.29 is 43.4 Å². The number of hydrogen-bond acceptors (Lipinski definition) is 12. The Morgan fingerprint density at radius 2 is 2.12 bits per heavy atom. The molecule has 2 amide bonds. The minimum absolute atomic E-state index is 0.0168. The molecule has 3 heterocycles. The van der Waals surface area contributed by atoms with E-state index in [2.05, 4.69) is 20.3 Å². The number of carboxylic acid groups (broad SMARTS) is 1. The number of thioether (sulfide) groups is 1. The maximum absolute atomic E-state index is 12.8. The zero-order valence-corrected chi connectivity index (χ0v) is 19.6. The molecule has 34 heavy (non-hydrogen) atoms. The molecule has 0 aliphatic carbocycles. The fourth-order valence-electron chi connectivity index (χ4n) is 2.93. The van der Waals surface area contributed by atoms with E-state index < -0.39 is 54.0 Å². The Bertz CT molecular complexity index is 1040. The minimum Gasteiger partial charge on any atom is -0.479 e. The van der Waals surface area contributed by atoms with Gasteiger partial charge in [-0.05, 0) is 6.08 Å². The maximum atomic E-state index is 12.8. The monoisotopic (exact) mass is 512 g/mol. The number of nitrogens with one attached hydrogen (secondary N) is 1. The van der Waals surface area contributed by atoms with Crippen molar-refractivity contribution in [1.82, 2.24) is 15.2 Å². The second-order valence-corrected chi connectivity index (χ2v) is 8.64. The van der Waals surface area contributed by atoms with E-state index >= 15 is 0 Å². The summed E-state index contributed by atoms with van der Waals surface area (Å²) in [4.78, 5) is 69.9. The number of oxime groups is 1. The van der Waals surface area contributed by atoms with Gasteiger partial charge in [-0.3, -0.25) is 19.3 Å². The standard InChI is InChI=1S/C19H20N4O9S2/c1-3-13(26)31-9(2)32-19(29)11-4-5-34-18-15(17(28)23(11)18)21-16(27)14(10-7-33-8-20-10)22-30-6-12(24)25/h4,7-9,15,18H,3,5-6H2,1-2H3,(H,21,27)(H,24,25)/t9?,15?,18-/m1/s1. The smallest absolute Gasteiger partial charge is 0.357 e. The fraction of sp³-hybridized carbons (Fsp3) is 0.421. The quantitative estimate of drug-likeness (QED) is 0.143. The molecular weight excluding hydrogens is 492 g/mol. The van der Waals surface area contributed by atoms with Crippen molar-refractivity contribution in [3.8, 4) is 0 Å². The summed E-state index contributed by atoms with van der Waals surface area (Å²) >= 11 is 2.49. The average Bonchev–Trinajstić information content (AvgIpc) is 3.33. The van der Waals surface area contributed by atoms with E-state index in [0.717, 1.165) is 0 Å². The molecule has 1 fully saturated rings. The van der Waals surface area contributed by atoms with Gasteiger partial charge >= 0.3 is 17.9 Å². The van der Waals surface area contributed by atoms with Crippen molar-refractivity contribution in [3.63, 3.8) is 0 Å². The predicted octanol–water partition coefficient (Wildman–Crippen LogP) is 0.0746. The van der Waals surface area contributed by atoms with Gasteiger partial charge in [-0.2, -0.15) is 0 Å². The van der Waals surface area contributed by atoms with Gasteiger partial charge in [0.25, 0.3) is 11.8 Å². The van der Waals surface area contributed by atoms with Crippen LogP contribution in [0.3, 0.4) is 0 Å². The molecule has 2 aliphatic rings. The molecule has 1 aromatic heterocycles. The molecule has 2 N–H and O–H groups in total. The zero-order chi connectivity index (χ0) is 24.8. The number of amides is 2. The molecule has 3 rings (SSSR count). The molecule has 15 heteroatoms. The van der Waals surface area contributed by atoms with E-state index in [9.17, 15) is 24.0 Å². The van der Waals surface area contributed by atoms with E-state index in [1.165, 1.54) is 51.9 Å². The minimum atomic E-state index is -1.28. The van der Waals surface area contributed by atoms with Gasteiger partial charge in [0.2, 0.25) is 12.9 Å². The van der Waals surface area contributed by atoms with Crippen molar-refractivity contribution in [2.24, 2.45) is 5.16 Å². The van der Waals surface area contributed by atoms with Crippen molar-refractivity contribution >= 4 is 58.5 Å². The van der Waals surface area contributed by atoms with Crippen molar-refractivity contribution in [3.05, 3.63) is 28.4 Å². The number of ether oxygens (including phenoxy) is 2. The highest BCUT2D eigenvalue weighted by Crippen LogP contribution is 2.38. The fourth-order valence-corrected chi connectivity index (χ4v) is 4.66. The number of carbonyl (C=O) groups is 5. The summed E-state index contributed by atoms with van der Waals surface area (Å²) in [5, 5.41) is 15.7. The van der Waals surface area contributed by atoms with Gasteiger partial charge in [0.05, 0.1) is 5.51 Å². The second-order valence-electron chi connectivity index (χ2n) is 6.77. The highest BCUT2D eigenvalue weighted by Gasteiger charge is 2.53. The van der Waals surface area contributed by atoms with Crippen LogP contribution in [-0.2, 0) is 38.3 Å². The first-order valence-corrected chi connectivity index (χ1v) is 11.9. The van der Waals surface area contributed by atoms with Crippen LogP contribution in [0.1, 0.15) is 26.0 Å². The third-order valence-corrected chi connectivity index (χ3v) is 6.21. The molecule has 0 radical (unpaired) electrons. The average molecular weight is 513 g/mol. The summed E-state index contributed by atoms with van der Waals surface area (Å²) in [7, 11) is 0. The number of nitrogens with zero attached hydrogens (tertiary/aromatic N) is 3. The molecular formula is C19H20N4O9S2. The highest BCUT2D eigenvalue weighted by molar-refractivity contribution is 8.00. The van der Waals surface area contributed by atoms with Crippen LogP contribution in [0.2, 0.25) is 0 Å². The molecule has 2 unspecified atom stereocenters. The number of hydrogen-bond donors (Lipinski definition) is 2. The normalized spacial score (nSPS) is 20.3. The van der Waals surface area contributed by atoms with Crippen LogP contribution in [0.4, 0.5) is 0 Å². The SMILES string of the molecule is CCC(=O)OC(C)OC(=O)C1=CCS[C@@H]2C(NC(=O)C(=NOCC(=O)O)c3cscn3)C(=O)N12. The van der Waals surface area contributed by atoms with E-state index in [1.54, 1.807) is 6.92 Å². The number of thiazole rings is 1. The number of fused-ring (bicyclic) bond motifs is 1. The van der Waals surface area contributed by atoms with Gasteiger partial charge in [-0.15, -0.1) is 23.1 Å². The van der Waals surface area contributed by atoms with E-state index in [1.807, 2.05) is 0 Å². The van der Waals surface area contributed by atoms with Gasteiger partial charge in [-0.25, -0.2) is 14.6 Å². The Kier molecular flexibility index (Phi) is 8.22. The molecule has 182 valence electrons. The van der Waals surface area contributed by atoms with Crippen LogP contribution < -0.4 is 5.32 Å². The van der Waals surface area contributed by atoms with Crippen molar-refractivity contribution in [2.45, 2.75) is 38.0 Å². The number of aromatic nitrogens is 1. The number of carbonyl (C=O) groups excluding carboxylic acids is 4. The number of rotatable bonds is 10. The zero-order valence-electron chi connectivity index (χ0n) is 18.0. The topological polar surface area (TPSA) is 174 Å². The van der Waals surface area contributed by atoms with E-state index in [-0.39, 0.29) is 23.5 Å². The Balaban J connectivity index is 1.66. The van der Waals surface area contributed by atoms with Gasteiger partial charge in [0.15, 0.2) is 5.71 Å². The lowest BCUT2D eigenvalue weighted by molar-refractivity contribution is -0.184. The molecule has 0 bridgehead atoms. The van der Waals surface area contributed by atoms with E-state index in [4.69, 9.17) is 14.6 Å². The summed E-state index contributed by atoms with van der Waals surface area (Å²) < 4.78 is 10.0. The third-order valence-electron chi connectivity index (χ3n) is 4.44. The first-order chi connectivity index (χ1) is 16.2.